The van der Waals surface area contributed by atoms with Gasteiger partial charge in [-0.25, -0.2) is 0 Å². The zero-order valence-electron chi connectivity index (χ0n) is 11.5. The minimum atomic E-state index is 0.285. The summed E-state index contributed by atoms with van der Waals surface area (Å²) in [4.78, 5) is 0. The minimum absolute atomic E-state index is 0.285. The molecule has 0 saturated heterocycles. The fourth-order valence-corrected chi connectivity index (χ4v) is 2.26. The van der Waals surface area contributed by atoms with E-state index in [0.29, 0.717) is 6.04 Å². The lowest BCUT2D eigenvalue weighted by molar-refractivity contribution is 0.244. The number of hydrogen-bond acceptors (Lipinski definition) is 1. The smallest absolute Gasteiger partial charge is 0.0372 e. The lowest BCUT2D eigenvalue weighted by atomic mass is 9.77. The van der Waals surface area contributed by atoms with E-state index in [4.69, 9.17) is 0 Å². The highest BCUT2D eigenvalue weighted by Gasteiger charge is 2.28. The molecule has 90 valence electrons. The fraction of sp³-hybridized carbons (Fsp3) is 0.600. The first-order chi connectivity index (χ1) is 7.44. The topological polar surface area (TPSA) is 12.0 Å². The first kappa shape index (κ1) is 13.2. The van der Waals surface area contributed by atoms with Crippen LogP contribution in [0.1, 0.15) is 49.9 Å². The number of nitrogens with one attached hydrogen (secondary N) is 1. The quantitative estimate of drug-likeness (QED) is 0.807. The van der Waals surface area contributed by atoms with E-state index in [9.17, 15) is 0 Å². The van der Waals surface area contributed by atoms with E-state index < -0.39 is 0 Å². The van der Waals surface area contributed by atoms with Gasteiger partial charge in [-0.1, -0.05) is 39.0 Å². The lowest BCUT2D eigenvalue weighted by Gasteiger charge is -2.35. The van der Waals surface area contributed by atoms with Gasteiger partial charge in [0.2, 0.25) is 0 Å². The molecule has 0 saturated carbocycles. The van der Waals surface area contributed by atoms with Gasteiger partial charge < -0.3 is 5.32 Å². The lowest BCUT2D eigenvalue weighted by Crippen LogP contribution is -2.32. The van der Waals surface area contributed by atoms with Crippen LogP contribution in [0, 0.1) is 19.3 Å². The molecule has 0 radical (unpaired) electrons. The summed E-state index contributed by atoms with van der Waals surface area (Å²) in [6.45, 7) is 11.3. The van der Waals surface area contributed by atoms with Crippen molar-refractivity contribution in [2.75, 3.05) is 7.05 Å². The van der Waals surface area contributed by atoms with Crippen molar-refractivity contribution >= 4 is 0 Å². The van der Waals surface area contributed by atoms with Gasteiger partial charge in [-0.05, 0) is 49.4 Å². The minimum Gasteiger partial charge on any atom is -0.313 e. The molecule has 1 nitrogen and oxygen atoms in total. The molecule has 0 aliphatic heterocycles. The Labute approximate surface area is 100 Å². The summed E-state index contributed by atoms with van der Waals surface area (Å²) < 4.78 is 0. The maximum Gasteiger partial charge on any atom is 0.0372 e. The third kappa shape index (κ3) is 2.46. The first-order valence-electron chi connectivity index (χ1n) is 6.17. The fourth-order valence-electron chi connectivity index (χ4n) is 2.26. The Hall–Kier alpha value is -0.820. The highest BCUT2D eigenvalue weighted by atomic mass is 14.9. The Bertz CT molecular complexity index is 352. The van der Waals surface area contributed by atoms with Crippen LogP contribution < -0.4 is 5.32 Å². The molecule has 0 heterocycles. The van der Waals surface area contributed by atoms with Crippen LogP contribution in [0.5, 0.6) is 0 Å². The maximum atomic E-state index is 3.48. The molecular formula is C15H25N. The standard InChI is InChI=1S/C15H25N/c1-7-15(4,5)14(16-6)13-10-8-9-11(2)12(13)3/h8-10,14,16H,7H2,1-6H3. The molecule has 1 aromatic carbocycles. The van der Waals surface area contributed by atoms with Gasteiger partial charge in [-0.15, -0.1) is 0 Å². The average molecular weight is 219 g/mol. The summed E-state index contributed by atoms with van der Waals surface area (Å²) in [6, 6.07) is 7.02. The van der Waals surface area contributed by atoms with E-state index in [-0.39, 0.29) is 5.41 Å². The van der Waals surface area contributed by atoms with Crippen molar-refractivity contribution in [3.05, 3.63) is 34.9 Å². The molecule has 1 unspecified atom stereocenters. The molecule has 16 heavy (non-hydrogen) atoms. The second kappa shape index (κ2) is 5.01. The molecule has 1 N–H and O–H groups in total. The molecule has 0 bridgehead atoms. The second-order valence-corrected chi connectivity index (χ2v) is 5.35. The number of rotatable bonds is 4. The summed E-state index contributed by atoms with van der Waals surface area (Å²) in [7, 11) is 2.06. The number of benzene rings is 1. The van der Waals surface area contributed by atoms with Crippen LogP contribution in [0.3, 0.4) is 0 Å². The summed E-state index contributed by atoms with van der Waals surface area (Å²) in [6.07, 6.45) is 1.17. The van der Waals surface area contributed by atoms with Gasteiger partial charge in [0.25, 0.3) is 0 Å². The van der Waals surface area contributed by atoms with Crippen LogP contribution in [-0.4, -0.2) is 7.05 Å². The summed E-state index contributed by atoms with van der Waals surface area (Å²) >= 11 is 0. The van der Waals surface area contributed by atoms with Crippen LogP contribution in [0.2, 0.25) is 0 Å². The average Bonchev–Trinajstić information content (AvgIpc) is 2.25. The first-order valence-corrected chi connectivity index (χ1v) is 6.17. The Balaban J connectivity index is 3.19. The van der Waals surface area contributed by atoms with E-state index in [1.54, 1.807) is 0 Å². The second-order valence-electron chi connectivity index (χ2n) is 5.35. The Kier molecular flexibility index (Phi) is 4.15. The van der Waals surface area contributed by atoms with Gasteiger partial charge in [0, 0.05) is 6.04 Å². The van der Waals surface area contributed by atoms with Crippen LogP contribution in [-0.2, 0) is 0 Å². The van der Waals surface area contributed by atoms with Crippen molar-refractivity contribution in [1.29, 1.82) is 0 Å². The summed E-state index contributed by atoms with van der Waals surface area (Å²) in [5, 5.41) is 3.48. The van der Waals surface area contributed by atoms with Gasteiger partial charge >= 0.3 is 0 Å². The van der Waals surface area contributed by atoms with E-state index in [0.717, 1.165) is 0 Å². The Morgan fingerprint density at radius 3 is 2.38 bits per heavy atom. The Morgan fingerprint density at radius 1 is 1.25 bits per heavy atom. The third-order valence-corrected chi connectivity index (χ3v) is 3.94. The van der Waals surface area contributed by atoms with Crippen molar-refractivity contribution < 1.29 is 0 Å². The normalized spacial score (nSPS) is 13.9. The highest BCUT2D eigenvalue weighted by Crippen LogP contribution is 2.37. The zero-order chi connectivity index (χ0) is 12.3. The molecule has 1 rings (SSSR count). The van der Waals surface area contributed by atoms with Crippen molar-refractivity contribution in [2.24, 2.45) is 5.41 Å². The van der Waals surface area contributed by atoms with E-state index in [1.807, 2.05) is 0 Å². The number of aryl methyl sites for hydroxylation is 1. The summed E-state index contributed by atoms with van der Waals surface area (Å²) in [5.41, 5.74) is 4.52. The van der Waals surface area contributed by atoms with Gasteiger partial charge in [0.1, 0.15) is 0 Å². The molecule has 0 fully saturated rings. The van der Waals surface area contributed by atoms with Crippen LogP contribution in [0.15, 0.2) is 18.2 Å². The van der Waals surface area contributed by atoms with Crippen molar-refractivity contribution in [3.63, 3.8) is 0 Å². The van der Waals surface area contributed by atoms with Gasteiger partial charge in [-0.2, -0.15) is 0 Å². The van der Waals surface area contributed by atoms with Crippen LogP contribution in [0.4, 0.5) is 0 Å². The van der Waals surface area contributed by atoms with E-state index in [2.05, 4.69) is 65.2 Å². The van der Waals surface area contributed by atoms with Crippen molar-refractivity contribution in [1.82, 2.24) is 5.32 Å². The molecule has 1 atom stereocenters. The van der Waals surface area contributed by atoms with Gasteiger partial charge in [0.05, 0.1) is 0 Å². The highest BCUT2D eigenvalue weighted by molar-refractivity contribution is 5.36. The monoisotopic (exact) mass is 219 g/mol. The predicted molar refractivity (Wildman–Crippen MR) is 71.8 cm³/mol. The summed E-state index contributed by atoms with van der Waals surface area (Å²) in [5.74, 6) is 0. The molecule has 1 aromatic rings. The SMILES string of the molecule is CCC(C)(C)C(NC)c1cccc(C)c1C. The van der Waals surface area contributed by atoms with Crippen molar-refractivity contribution in [2.45, 2.75) is 47.1 Å². The third-order valence-electron chi connectivity index (χ3n) is 3.94. The predicted octanol–water partition coefficient (Wildman–Crippen LogP) is 4.00. The van der Waals surface area contributed by atoms with Gasteiger partial charge in [-0.3, -0.25) is 0 Å². The molecule has 0 aliphatic rings. The molecule has 0 aliphatic carbocycles. The largest absolute Gasteiger partial charge is 0.313 e. The zero-order valence-corrected chi connectivity index (χ0v) is 11.5. The van der Waals surface area contributed by atoms with Crippen LogP contribution >= 0.6 is 0 Å². The van der Waals surface area contributed by atoms with E-state index in [1.165, 1.54) is 23.1 Å². The van der Waals surface area contributed by atoms with Crippen molar-refractivity contribution in [3.8, 4) is 0 Å². The van der Waals surface area contributed by atoms with Gasteiger partial charge in [0.15, 0.2) is 0 Å². The van der Waals surface area contributed by atoms with Crippen LogP contribution in [0.25, 0.3) is 0 Å². The number of hydrogen-bond donors (Lipinski definition) is 1. The molecule has 0 aromatic heterocycles. The maximum absolute atomic E-state index is 3.48. The Morgan fingerprint density at radius 2 is 1.88 bits per heavy atom. The molecule has 0 spiro atoms. The molecular weight excluding hydrogens is 194 g/mol. The van der Waals surface area contributed by atoms with E-state index >= 15 is 0 Å². The molecule has 1 heteroatoms. The molecule has 0 amide bonds.